The second-order valence-electron chi connectivity index (χ2n) is 4.47. The van der Waals surface area contributed by atoms with Gasteiger partial charge in [-0.3, -0.25) is 4.79 Å². The predicted octanol–water partition coefficient (Wildman–Crippen LogP) is 3.25. The number of carboxylic acids is 1. The van der Waals surface area contributed by atoms with Gasteiger partial charge in [-0.15, -0.1) is 11.3 Å². The summed E-state index contributed by atoms with van der Waals surface area (Å²) in [5.41, 5.74) is 0.118. The van der Waals surface area contributed by atoms with Crippen molar-refractivity contribution in [2.75, 3.05) is 0 Å². The number of aromatic carboxylic acids is 1. The van der Waals surface area contributed by atoms with Crippen molar-refractivity contribution in [2.24, 2.45) is 0 Å². The van der Waals surface area contributed by atoms with Crippen LogP contribution in [0, 0.1) is 6.92 Å². The monoisotopic (exact) mass is 327 g/mol. The summed E-state index contributed by atoms with van der Waals surface area (Å²) in [5.74, 6) is -0.397. The van der Waals surface area contributed by atoms with Crippen LogP contribution < -0.4 is 5.32 Å². The van der Waals surface area contributed by atoms with Gasteiger partial charge in [0.2, 0.25) is 5.91 Å². The molecule has 0 fully saturated rings. The summed E-state index contributed by atoms with van der Waals surface area (Å²) in [4.78, 5) is 23.7. The molecule has 0 saturated carbocycles. The standard InChI is InChI=1S/C14H14ClNO4S/c1-8-11(14(18)19)6-9(20-8)7-16-13(17)5-3-10-2-4-12(15)21-10/h2,4,6H,3,5,7H2,1H3,(H,16,17)(H,18,19). The third-order valence-corrected chi connectivity index (χ3v) is 4.18. The maximum atomic E-state index is 11.7. The number of carbonyl (C=O) groups excluding carboxylic acids is 1. The number of rotatable bonds is 6. The largest absolute Gasteiger partial charge is 0.478 e. The molecule has 1 amide bonds. The SMILES string of the molecule is Cc1oc(CNC(=O)CCc2ccc(Cl)s2)cc1C(=O)O. The summed E-state index contributed by atoms with van der Waals surface area (Å²) in [6, 6.07) is 5.13. The number of amides is 1. The number of hydrogen-bond acceptors (Lipinski definition) is 4. The quantitative estimate of drug-likeness (QED) is 0.853. The van der Waals surface area contributed by atoms with Crippen LogP contribution in [0.4, 0.5) is 0 Å². The van der Waals surface area contributed by atoms with E-state index >= 15 is 0 Å². The summed E-state index contributed by atoms with van der Waals surface area (Å²) in [6.45, 7) is 1.76. The molecular formula is C14H14ClNO4S. The number of carboxylic acid groups (broad SMARTS) is 1. The van der Waals surface area contributed by atoms with Crippen molar-refractivity contribution in [3.8, 4) is 0 Å². The minimum absolute atomic E-state index is 0.118. The fourth-order valence-corrected chi connectivity index (χ4v) is 2.93. The van der Waals surface area contributed by atoms with Crippen molar-refractivity contribution < 1.29 is 19.1 Å². The van der Waals surface area contributed by atoms with E-state index in [1.165, 1.54) is 17.4 Å². The van der Waals surface area contributed by atoms with Gasteiger partial charge in [-0.25, -0.2) is 4.79 Å². The zero-order valence-corrected chi connectivity index (χ0v) is 12.9. The predicted molar refractivity (Wildman–Crippen MR) is 79.9 cm³/mol. The molecule has 21 heavy (non-hydrogen) atoms. The Morgan fingerprint density at radius 3 is 2.76 bits per heavy atom. The molecule has 5 nitrogen and oxygen atoms in total. The highest BCUT2D eigenvalue weighted by atomic mass is 35.5. The van der Waals surface area contributed by atoms with E-state index in [-0.39, 0.29) is 18.0 Å². The molecule has 0 saturated heterocycles. The summed E-state index contributed by atoms with van der Waals surface area (Å²) < 4.78 is 5.99. The zero-order chi connectivity index (χ0) is 15.4. The highest BCUT2D eigenvalue weighted by Gasteiger charge is 2.14. The van der Waals surface area contributed by atoms with E-state index < -0.39 is 5.97 Å². The molecular weight excluding hydrogens is 314 g/mol. The van der Waals surface area contributed by atoms with E-state index in [0.717, 1.165) is 4.88 Å². The molecule has 0 spiro atoms. The van der Waals surface area contributed by atoms with E-state index in [2.05, 4.69) is 5.32 Å². The zero-order valence-electron chi connectivity index (χ0n) is 11.3. The molecule has 2 heterocycles. The second-order valence-corrected chi connectivity index (χ2v) is 6.27. The average molecular weight is 328 g/mol. The van der Waals surface area contributed by atoms with Crippen molar-refractivity contribution in [1.82, 2.24) is 5.32 Å². The minimum Gasteiger partial charge on any atom is -0.478 e. The summed E-state index contributed by atoms with van der Waals surface area (Å²) in [5, 5.41) is 11.6. The molecule has 0 bridgehead atoms. The Bertz CT molecular complexity index is 662. The van der Waals surface area contributed by atoms with Crippen LogP contribution in [-0.4, -0.2) is 17.0 Å². The van der Waals surface area contributed by atoms with Crippen LogP contribution in [0.25, 0.3) is 0 Å². The second kappa shape index (κ2) is 6.78. The van der Waals surface area contributed by atoms with Gasteiger partial charge >= 0.3 is 5.97 Å². The van der Waals surface area contributed by atoms with Crippen molar-refractivity contribution in [3.05, 3.63) is 44.5 Å². The van der Waals surface area contributed by atoms with Crippen LogP contribution >= 0.6 is 22.9 Å². The van der Waals surface area contributed by atoms with Crippen molar-refractivity contribution in [3.63, 3.8) is 0 Å². The third-order valence-electron chi connectivity index (χ3n) is 2.89. The Morgan fingerprint density at radius 1 is 1.43 bits per heavy atom. The van der Waals surface area contributed by atoms with E-state index in [4.69, 9.17) is 21.1 Å². The average Bonchev–Trinajstić information content (AvgIpc) is 3.00. The van der Waals surface area contributed by atoms with Gasteiger partial charge in [-0.1, -0.05) is 11.6 Å². The number of carbonyl (C=O) groups is 2. The maximum absolute atomic E-state index is 11.7. The summed E-state index contributed by atoms with van der Waals surface area (Å²) in [7, 11) is 0. The van der Waals surface area contributed by atoms with Gasteiger partial charge in [0.1, 0.15) is 17.1 Å². The molecule has 0 radical (unpaired) electrons. The lowest BCUT2D eigenvalue weighted by molar-refractivity contribution is -0.121. The highest BCUT2D eigenvalue weighted by molar-refractivity contribution is 7.16. The molecule has 0 aliphatic carbocycles. The lowest BCUT2D eigenvalue weighted by Crippen LogP contribution is -2.22. The molecule has 2 aromatic rings. The molecule has 0 aliphatic rings. The van der Waals surface area contributed by atoms with Gasteiger partial charge in [-0.05, 0) is 31.5 Å². The fourth-order valence-electron chi connectivity index (χ4n) is 1.84. The third kappa shape index (κ3) is 4.34. The van der Waals surface area contributed by atoms with Crippen molar-refractivity contribution in [2.45, 2.75) is 26.3 Å². The van der Waals surface area contributed by atoms with Gasteiger partial charge < -0.3 is 14.8 Å². The number of aryl methyl sites for hydroxylation is 2. The Morgan fingerprint density at radius 2 is 2.19 bits per heavy atom. The van der Waals surface area contributed by atoms with Crippen LogP contribution in [-0.2, 0) is 17.8 Å². The molecule has 112 valence electrons. The molecule has 2 N–H and O–H groups in total. The van der Waals surface area contributed by atoms with Crippen LogP contribution in [0.5, 0.6) is 0 Å². The Hall–Kier alpha value is -1.79. The number of halogens is 1. The first-order valence-electron chi connectivity index (χ1n) is 6.29. The van der Waals surface area contributed by atoms with Crippen LogP contribution in [0.15, 0.2) is 22.6 Å². The molecule has 2 rings (SSSR count). The Kier molecular flexibility index (Phi) is 5.03. The number of hydrogen-bond donors (Lipinski definition) is 2. The molecule has 0 unspecified atom stereocenters. The highest BCUT2D eigenvalue weighted by Crippen LogP contribution is 2.22. The first-order valence-corrected chi connectivity index (χ1v) is 7.48. The van der Waals surface area contributed by atoms with Crippen LogP contribution in [0.3, 0.4) is 0 Å². The summed E-state index contributed by atoms with van der Waals surface area (Å²) in [6.07, 6.45) is 0.975. The van der Waals surface area contributed by atoms with Gasteiger partial charge in [0.15, 0.2) is 0 Å². The van der Waals surface area contributed by atoms with Crippen LogP contribution in [0.2, 0.25) is 4.34 Å². The summed E-state index contributed by atoms with van der Waals surface area (Å²) >= 11 is 7.27. The molecule has 2 aromatic heterocycles. The van der Waals surface area contributed by atoms with Crippen molar-refractivity contribution >= 4 is 34.8 Å². The topological polar surface area (TPSA) is 79.5 Å². The molecule has 0 aromatic carbocycles. The van der Waals surface area contributed by atoms with Crippen LogP contribution in [0.1, 0.15) is 33.2 Å². The Balaban J connectivity index is 1.81. The van der Waals surface area contributed by atoms with Gasteiger partial charge in [0, 0.05) is 11.3 Å². The number of furan rings is 1. The number of thiophene rings is 1. The smallest absolute Gasteiger partial charge is 0.339 e. The van der Waals surface area contributed by atoms with E-state index in [1.807, 2.05) is 6.07 Å². The lowest BCUT2D eigenvalue weighted by Gasteiger charge is -2.02. The van der Waals surface area contributed by atoms with Crippen molar-refractivity contribution in [1.29, 1.82) is 0 Å². The van der Waals surface area contributed by atoms with E-state index in [1.54, 1.807) is 13.0 Å². The minimum atomic E-state index is -1.04. The van der Waals surface area contributed by atoms with Gasteiger partial charge in [0.05, 0.1) is 10.9 Å². The number of nitrogens with one attached hydrogen (secondary N) is 1. The maximum Gasteiger partial charge on any atom is 0.339 e. The van der Waals surface area contributed by atoms with E-state index in [0.29, 0.717) is 28.7 Å². The molecule has 0 aliphatic heterocycles. The lowest BCUT2D eigenvalue weighted by atomic mass is 10.2. The Labute approximate surface area is 130 Å². The molecule has 7 heteroatoms. The first-order chi connectivity index (χ1) is 9.95. The first kappa shape index (κ1) is 15.6. The van der Waals surface area contributed by atoms with Gasteiger partial charge in [0.25, 0.3) is 0 Å². The molecule has 0 atom stereocenters. The van der Waals surface area contributed by atoms with E-state index in [9.17, 15) is 9.59 Å². The van der Waals surface area contributed by atoms with Gasteiger partial charge in [-0.2, -0.15) is 0 Å². The fraction of sp³-hybridized carbons (Fsp3) is 0.286. The normalized spacial score (nSPS) is 10.6.